The number of aromatic nitrogens is 3. The molecule has 6 heteroatoms. The largest absolute Gasteiger partial charge is 0.369 e. The molecule has 1 fully saturated rings. The minimum atomic E-state index is -0.261. The Balaban J connectivity index is 1.52. The van der Waals surface area contributed by atoms with Gasteiger partial charge in [-0.05, 0) is 24.3 Å². The summed E-state index contributed by atoms with van der Waals surface area (Å²) >= 11 is 0. The van der Waals surface area contributed by atoms with Crippen molar-refractivity contribution in [1.82, 2.24) is 19.9 Å². The Kier molecular flexibility index (Phi) is 4.54. The second-order valence-corrected chi connectivity index (χ2v) is 6.09. The fourth-order valence-electron chi connectivity index (χ4n) is 3.06. The summed E-state index contributed by atoms with van der Waals surface area (Å²) in [5, 5.41) is 0. The molecular weight excluding hydrogens is 319 g/mol. The normalized spacial score (nSPS) is 18.4. The van der Waals surface area contributed by atoms with E-state index in [4.69, 9.17) is 9.72 Å². The number of hydrogen-bond donors (Lipinski definition) is 1. The van der Waals surface area contributed by atoms with Gasteiger partial charge in [0.25, 0.3) is 0 Å². The van der Waals surface area contributed by atoms with Crippen LogP contribution >= 0.6 is 0 Å². The maximum absolute atomic E-state index is 13.5. The Labute approximate surface area is 145 Å². The molecule has 1 aliphatic rings. The highest BCUT2D eigenvalue weighted by molar-refractivity contribution is 5.59. The van der Waals surface area contributed by atoms with Crippen molar-refractivity contribution in [2.24, 2.45) is 0 Å². The predicted octanol–water partition coefficient (Wildman–Crippen LogP) is 3.18. The lowest BCUT2D eigenvalue weighted by atomic mass is 10.1. The summed E-state index contributed by atoms with van der Waals surface area (Å²) in [6.45, 7) is 3.02. The van der Waals surface area contributed by atoms with Crippen LogP contribution in [-0.2, 0) is 11.3 Å². The molecule has 5 nitrogen and oxygen atoms in total. The molecule has 0 bridgehead atoms. The van der Waals surface area contributed by atoms with Crippen molar-refractivity contribution in [1.29, 1.82) is 0 Å². The molecule has 1 aliphatic heterocycles. The minimum absolute atomic E-state index is 0.0998. The molecule has 1 aromatic carbocycles. The van der Waals surface area contributed by atoms with Crippen LogP contribution in [0.25, 0.3) is 11.3 Å². The van der Waals surface area contributed by atoms with Crippen LogP contribution in [0.5, 0.6) is 0 Å². The van der Waals surface area contributed by atoms with Gasteiger partial charge in [-0.1, -0.05) is 18.2 Å². The molecule has 2 aromatic heterocycles. The van der Waals surface area contributed by atoms with Crippen LogP contribution in [0.3, 0.4) is 0 Å². The van der Waals surface area contributed by atoms with E-state index in [9.17, 15) is 4.39 Å². The lowest BCUT2D eigenvalue weighted by Crippen LogP contribution is -2.38. The number of ether oxygens (including phenoxy) is 1. The van der Waals surface area contributed by atoms with E-state index in [1.54, 1.807) is 12.3 Å². The molecular formula is C19H19FN4O. The number of nitrogens with zero attached hydrogens (tertiary/aromatic N) is 3. The van der Waals surface area contributed by atoms with Crippen LogP contribution in [0, 0.1) is 5.82 Å². The minimum Gasteiger partial charge on any atom is -0.369 e. The van der Waals surface area contributed by atoms with Gasteiger partial charge in [0, 0.05) is 31.0 Å². The molecule has 25 heavy (non-hydrogen) atoms. The van der Waals surface area contributed by atoms with E-state index in [2.05, 4.69) is 14.9 Å². The first-order valence-corrected chi connectivity index (χ1v) is 8.33. The van der Waals surface area contributed by atoms with Crippen molar-refractivity contribution in [2.75, 3.05) is 19.7 Å². The number of imidazole rings is 1. The van der Waals surface area contributed by atoms with E-state index in [0.29, 0.717) is 6.61 Å². The van der Waals surface area contributed by atoms with Crippen molar-refractivity contribution >= 4 is 0 Å². The van der Waals surface area contributed by atoms with Crippen LogP contribution in [-0.4, -0.2) is 39.5 Å². The summed E-state index contributed by atoms with van der Waals surface area (Å²) in [5.41, 5.74) is 2.39. The van der Waals surface area contributed by atoms with Gasteiger partial charge in [-0.25, -0.2) is 9.37 Å². The van der Waals surface area contributed by atoms with Gasteiger partial charge >= 0.3 is 0 Å². The van der Waals surface area contributed by atoms with E-state index >= 15 is 0 Å². The zero-order valence-corrected chi connectivity index (χ0v) is 13.7. The van der Waals surface area contributed by atoms with Crippen molar-refractivity contribution in [3.63, 3.8) is 0 Å². The molecule has 1 N–H and O–H groups in total. The number of benzene rings is 1. The maximum atomic E-state index is 13.5. The Hall–Kier alpha value is -2.57. The van der Waals surface area contributed by atoms with E-state index < -0.39 is 0 Å². The van der Waals surface area contributed by atoms with E-state index in [-0.39, 0.29) is 11.9 Å². The van der Waals surface area contributed by atoms with Gasteiger partial charge in [-0.2, -0.15) is 0 Å². The average Bonchev–Trinajstić information content (AvgIpc) is 3.15. The third-order valence-electron chi connectivity index (χ3n) is 4.30. The summed E-state index contributed by atoms with van der Waals surface area (Å²) in [7, 11) is 0. The Morgan fingerprint density at radius 3 is 3.00 bits per heavy atom. The van der Waals surface area contributed by atoms with Gasteiger partial charge in [0.15, 0.2) is 0 Å². The number of H-pyrrole nitrogens is 1. The van der Waals surface area contributed by atoms with Gasteiger partial charge in [-0.15, -0.1) is 0 Å². The molecule has 0 spiro atoms. The molecule has 4 rings (SSSR count). The first-order chi connectivity index (χ1) is 12.3. The molecule has 1 unspecified atom stereocenters. The standard InChI is InChI=1S/C19H19FN4O/c20-15-4-1-3-14(11-15)16-5-2-6-17(23-16)18-12-24(9-10-25-18)13-19-21-7-8-22-19/h1-8,11,18H,9-10,12-13H2,(H,21,22). The van der Waals surface area contributed by atoms with E-state index in [0.717, 1.165) is 42.4 Å². The monoisotopic (exact) mass is 338 g/mol. The molecule has 0 aliphatic carbocycles. The molecule has 1 saturated heterocycles. The van der Waals surface area contributed by atoms with Gasteiger partial charge < -0.3 is 9.72 Å². The number of rotatable bonds is 4. The molecule has 1 atom stereocenters. The number of morpholine rings is 1. The Bertz CT molecular complexity index is 837. The second kappa shape index (κ2) is 7.13. The maximum Gasteiger partial charge on any atom is 0.123 e. The zero-order chi connectivity index (χ0) is 17.1. The molecule has 3 aromatic rings. The fourth-order valence-corrected chi connectivity index (χ4v) is 3.06. The van der Waals surface area contributed by atoms with Crippen LogP contribution in [0.15, 0.2) is 54.9 Å². The number of halogens is 1. The van der Waals surface area contributed by atoms with E-state index in [1.807, 2.05) is 30.5 Å². The van der Waals surface area contributed by atoms with Crippen molar-refractivity contribution in [3.05, 3.63) is 72.2 Å². The van der Waals surface area contributed by atoms with Gasteiger partial charge in [0.05, 0.1) is 24.5 Å². The third-order valence-corrected chi connectivity index (χ3v) is 4.30. The summed E-state index contributed by atoms with van der Waals surface area (Å²) in [4.78, 5) is 14.4. The molecule has 128 valence electrons. The smallest absolute Gasteiger partial charge is 0.123 e. The highest BCUT2D eigenvalue weighted by Crippen LogP contribution is 2.25. The van der Waals surface area contributed by atoms with Crippen LogP contribution in [0.1, 0.15) is 17.6 Å². The summed E-state index contributed by atoms with van der Waals surface area (Å²) in [6, 6.07) is 12.3. The average molecular weight is 338 g/mol. The highest BCUT2D eigenvalue weighted by Gasteiger charge is 2.23. The number of pyridine rings is 1. The Morgan fingerprint density at radius 1 is 1.24 bits per heavy atom. The van der Waals surface area contributed by atoms with Gasteiger partial charge in [-0.3, -0.25) is 9.88 Å². The molecule has 0 amide bonds. The third kappa shape index (κ3) is 3.75. The predicted molar refractivity (Wildman–Crippen MR) is 92.2 cm³/mol. The molecule has 3 heterocycles. The van der Waals surface area contributed by atoms with Crippen molar-refractivity contribution < 1.29 is 9.13 Å². The molecule has 0 radical (unpaired) electrons. The summed E-state index contributed by atoms with van der Waals surface area (Å²) < 4.78 is 19.4. The lowest BCUT2D eigenvalue weighted by molar-refractivity contribution is -0.0356. The van der Waals surface area contributed by atoms with Gasteiger partial charge in [0.1, 0.15) is 17.7 Å². The van der Waals surface area contributed by atoms with Gasteiger partial charge in [0.2, 0.25) is 0 Å². The summed E-state index contributed by atoms with van der Waals surface area (Å²) in [6.07, 6.45) is 3.49. The highest BCUT2D eigenvalue weighted by atomic mass is 19.1. The van der Waals surface area contributed by atoms with Crippen LogP contribution in [0.2, 0.25) is 0 Å². The first kappa shape index (κ1) is 15.9. The topological polar surface area (TPSA) is 54.0 Å². The Morgan fingerprint density at radius 2 is 2.16 bits per heavy atom. The van der Waals surface area contributed by atoms with Crippen LogP contribution in [0.4, 0.5) is 4.39 Å². The molecule has 0 saturated carbocycles. The van der Waals surface area contributed by atoms with Crippen molar-refractivity contribution in [2.45, 2.75) is 12.6 Å². The first-order valence-electron chi connectivity index (χ1n) is 8.33. The zero-order valence-electron chi connectivity index (χ0n) is 13.7. The summed E-state index contributed by atoms with van der Waals surface area (Å²) in [5.74, 6) is 0.686. The SMILES string of the molecule is Fc1cccc(-c2cccc(C3CN(Cc4ncc[nH]4)CCO3)n2)c1. The lowest BCUT2D eigenvalue weighted by Gasteiger charge is -2.32. The number of nitrogens with one attached hydrogen (secondary N) is 1. The fraction of sp³-hybridized carbons (Fsp3) is 0.263. The quantitative estimate of drug-likeness (QED) is 0.794. The van der Waals surface area contributed by atoms with Crippen molar-refractivity contribution in [3.8, 4) is 11.3 Å². The second-order valence-electron chi connectivity index (χ2n) is 6.09. The number of hydrogen-bond acceptors (Lipinski definition) is 4. The van der Waals surface area contributed by atoms with E-state index in [1.165, 1.54) is 12.1 Å². The van der Waals surface area contributed by atoms with Crippen LogP contribution < -0.4 is 0 Å². The number of aromatic amines is 1.